The van der Waals surface area contributed by atoms with E-state index in [9.17, 15) is 4.11 Å². The van der Waals surface area contributed by atoms with Crippen molar-refractivity contribution in [3.05, 3.63) is 206 Å². The van der Waals surface area contributed by atoms with Crippen molar-refractivity contribution in [3.63, 3.8) is 0 Å². The maximum Gasteiger partial charge on any atom is 0.0645 e. The van der Waals surface area contributed by atoms with Gasteiger partial charge in [0.15, 0.2) is 0 Å². The van der Waals surface area contributed by atoms with Crippen LogP contribution in [-0.2, 0) is 0 Å². The Morgan fingerprint density at radius 1 is 0.373 bits per heavy atom. The molecule has 8 aromatic carbocycles. The molecule has 0 saturated carbocycles. The minimum Gasteiger partial charge on any atom is -0.311 e. The lowest BCUT2D eigenvalue weighted by Gasteiger charge is -2.26. The van der Waals surface area contributed by atoms with Crippen LogP contribution in [0.4, 0.5) is 17.1 Å². The maximum atomic E-state index is 9.57. The molecule has 0 fully saturated rings. The summed E-state index contributed by atoms with van der Waals surface area (Å²) in [4.78, 5) is 2.15. The zero-order chi connectivity index (χ0) is 39.4. The molecule has 0 saturated heterocycles. The van der Waals surface area contributed by atoms with Gasteiger partial charge in [0.1, 0.15) is 0 Å². The Morgan fingerprint density at radius 3 is 1.29 bits per heavy atom. The number of hydrogen-bond donors (Lipinski definition) is 0. The van der Waals surface area contributed by atoms with Gasteiger partial charge in [-0.05, 0) is 100 Å². The summed E-state index contributed by atoms with van der Waals surface area (Å²) in [5, 5.41) is 0.361. The van der Waals surface area contributed by atoms with E-state index in [0.29, 0.717) is 11.3 Å². The van der Waals surface area contributed by atoms with Crippen LogP contribution in [-0.4, -0.2) is 4.57 Å². The molecule has 1 aromatic heterocycles. The molecular weight excluding hydrogens is 617 g/mol. The predicted octanol–water partition coefficient (Wildman–Crippen LogP) is 13.9. The van der Waals surface area contributed by atoms with Gasteiger partial charge in [0.2, 0.25) is 0 Å². The predicted molar refractivity (Wildman–Crippen MR) is 219 cm³/mol. The molecule has 0 radical (unpaired) electrons. The van der Waals surface area contributed by atoms with Gasteiger partial charge in [0.25, 0.3) is 0 Å². The summed E-state index contributed by atoms with van der Waals surface area (Å²) in [5.41, 5.74) is 8.86. The summed E-state index contributed by atoms with van der Waals surface area (Å²) < 4.78 is 64.6. The SMILES string of the molecule is C.[2H]c1c([2H])c([2H])c2c(c1[2H])c1c([2H])c(-c3ccc(N(c4ccc(-c5ccccc5)cc4)c4ccc(-c5ccccc5)cc4)cc3)c([2H])c([2H])c1n2-c1ccccc1. The van der Waals surface area contributed by atoms with Gasteiger partial charge in [0.05, 0.1) is 20.6 Å². The standard InChI is InChI=1S/C48H34N2.CH4/c1-4-12-35(13-5-1)37-20-27-42(28-21-37)49(43-29-22-38(23-30-43)36-14-6-2-7-15-36)44-31-24-39(25-32-44)40-26-33-48-46(34-40)45-18-10-11-19-47(45)50(48)41-16-8-3-9-17-41;/h1-34H;1H4/i10D,11D,18D,19D,26D,33D,34D;. The molecule has 9 rings (SSSR count). The molecule has 2 nitrogen and oxygen atoms in total. The first-order chi connectivity index (χ1) is 27.7. The van der Waals surface area contributed by atoms with E-state index < -0.39 is 12.1 Å². The van der Waals surface area contributed by atoms with E-state index in [-0.39, 0.29) is 65.0 Å². The molecule has 51 heavy (non-hydrogen) atoms. The van der Waals surface area contributed by atoms with Crippen molar-refractivity contribution < 1.29 is 9.60 Å². The summed E-state index contributed by atoms with van der Waals surface area (Å²) in [5.74, 6) is 0. The molecule has 0 aliphatic carbocycles. The second-order valence-electron chi connectivity index (χ2n) is 12.1. The smallest absolute Gasteiger partial charge is 0.0645 e. The van der Waals surface area contributed by atoms with E-state index in [1.165, 1.54) is 0 Å². The Labute approximate surface area is 310 Å². The van der Waals surface area contributed by atoms with E-state index in [1.807, 2.05) is 66.7 Å². The van der Waals surface area contributed by atoms with Crippen molar-refractivity contribution in [1.29, 1.82) is 0 Å². The number of aromatic nitrogens is 1. The van der Waals surface area contributed by atoms with Crippen LogP contribution < -0.4 is 4.90 Å². The summed E-state index contributed by atoms with van der Waals surface area (Å²) in [6, 6.07) is 52.1. The number of para-hydroxylation sites is 2. The second kappa shape index (κ2) is 13.7. The first-order valence-corrected chi connectivity index (χ1v) is 16.5. The van der Waals surface area contributed by atoms with E-state index in [2.05, 4.69) is 77.7 Å². The molecule has 0 spiro atoms. The molecule has 0 atom stereocenters. The van der Waals surface area contributed by atoms with Gasteiger partial charge in [-0.2, -0.15) is 0 Å². The monoisotopic (exact) mass is 661 g/mol. The van der Waals surface area contributed by atoms with Crippen molar-refractivity contribution in [1.82, 2.24) is 4.57 Å². The molecule has 0 aliphatic rings. The highest BCUT2D eigenvalue weighted by molar-refractivity contribution is 6.10. The number of fused-ring (bicyclic) bond motifs is 3. The molecule has 0 bridgehead atoms. The topological polar surface area (TPSA) is 8.17 Å². The number of anilines is 3. The van der Waals surface area contributed by atoms with Crippen molar-refractivity contribution in [2.75, 3.05) is 4.90 Å². The summed E-state index contributed by atoms with van der Waals surface area (Å²) in [6.45, 7) is 0. The molecule has 0 N–H and O–H groups in total. The maximum absolute atomic E-state index is 9.57. The highest BCUT2D eigenvalue weighted by atomic mass is 15.1. The Balaban J connectivity index is 0.00000469. The largest absolute Gasteiger partial charge is 0.311 e. The number of rotatable bonds is 7. The molecule has 9 aromatic rings. The lowest BCUT2D eigenvalue weighted by molar-refractivity contribution is 1.18. The van der Waals surface area contributed by atoms with E-state index >= 15 is 0 Å². The van der Waals surface area contributed by atoms with Crippen molar-refractivity contribution >= 4 is 38.9 Å². The molecule has 244 valence electrons. The first kappa shape index (κ1) is 24.5. The van der Waals surface area contributed by atoms with Crippen molar-refractivity contribution in [2.24, 2.45) is 0 Å². The number of benzene rings is 8. The fourth-order valence-corrected chi connectivity index (χ4v) is 6.59. The van der Waals surface area contributed by atoms with Gasteiger partial charge in [0, 0.05) is 33.5 Å². The fourth-order valence-electron chi connectivity index (χ4n) is 6.59. The highest BCUT2D eigenvalue weighted by Crippen LogP contribution is 2.39. The van der Waals surface area contributed by atoms with E-state index in [1.54, 1.807) is 28.8 Å². The molecule has 0 aliphatic heterocycles. The van der Waals surface area contributed by atoms with Crippen LogP contribution in [0.2, 0.25) is 0 Å². The Hall–Kier alpha value is -6.64. The third-order valence-electron chi connectivity index (χ3n) is 9.05. The highest BCUT2D eigenvalue weighted by Gasteiger charge is 2.16. The molecular formula is C49H38N2. The Kier molecular flexibility index (Phi) is 6.58. The zero-order valence-electron chi connectivity index (χ0n) is 34.0. The minimum absolute atomic E-state index is 0. The minimum atomic E-state index is -0.417. The van der Waals surface area contributed by atoms with E-state index in [0.717, 1.165) is 39.3 Å². The fraction of sp³-hybridized carbons (Fsp3) is 0.0204. The van der Waals surface area contributed by atoms with Crippen LogP contribution >= 0.6 is 0 Å². The molecule has 0 unspecified atom stereocenters. The van der Waals surface area contributed by atoms with Gasteiger partial charge in [-0.15, -0.1) is 0 Å². The lowest BCUT2D eigenvalue weighted by atomic mass is 10.0. The van der Waals surface area contributed by atoms with Gasteiger partial charge in [-0.3, -0.25) is 0 Å². The number of nitrogens with zero attached hydrogens (tertiary/aromatic N) is 2. The van der Waals surface area contributed by atoms with Crippen LogP contribution in [0.5, 0.6) is 0 Å². The average Bonchev–Trinajstić information content (AvgIpc) is 3.63. The van der Waals surface area contributed by atoms with Crippen LogP contribution in [0.3, 0.4) is 0 Å². The summed E-state index contributed by atoms with van der Waals surface area (Å²) >= 11 is 0. The molecule has 1 heterocycles. The van der Waals surface area contributed by atoms with Gasteiger partial charge in [-0.25, -0.2) is 0 Å². The molecule has 0 amide bonds. The van der Waals surface area contributed by atoms with Crippen LogP contribution in [0.1, 0.15) is 17.0 Å². The van der Waals surface area contributed by atoms with Crippen molar-refractivity contribution in [2.45, 2.75) is 7.43 Å². The molecule has 2 heteroatoms. The third-order valence-corrected chi connectivity index (χ3v) is 9.05. The van der Waals surface area contributed by atoms with Crippen LogP contribution in [0, 0.1) is 0 Å². The van der Waals surface area contributed by atoms with Gasteiger partial charge in [-0.1, -0.05) is 147 Å². The third kappa shape index (κ3) is 5.98. The van der Waals surface area contributed by atoms with Crippen LogP contribution in [0.15, 0.2) is 206 Å². The lowest BCUT2D eigenvalue weighted by Crippen LogP contribution is -2.09. The summed E-state index contributed by atoms with van der Waals surface area (Å²) in [6.07, 6.45) is 0. The number of hydrogen-bond acceptors (Lipinski definition) is 1. The van der Waals surface area contributed by atoms with Gasteiger partial charge < -0.3 is 9.47 Å². The second-order valence-corrected chi connectivity index (χ2v) is 12.1. The van der Waals surface area contributed by atoms with E-state index in [4.69, 9.17) is 5.48 Å². The van der Waals surface area contributed by atoms with Crippen LogP contribution in [0.25, 0.3) is 60.9 Å². The quantitative estimate of drug-likeness (QED) is 0.165. The Bertz CT molecular complexity index is 2850. The summed E-state index contributed by atoms with van der Waals surface area (Å²) in [7, 11) is 0. The van der Waals surface area contributed by atoms with Crippen molar-refractivity contribution in [3.8, 4) is 39.1 Å². The average molecular weight is 662 g/mol. The first-order valence-electron chi connectivity index (χ1n) is 20.0. The van der Waals surface area contributed by atoms with Gasteiger partial charge >= 0.3 is 0 Å². The normalized spacial score (nSPS) is 12.9. The Morgan fingerprint density at radius 2 is 0.784 bits per heavy atom. The zero-order valence-corrected chi connectivity index (χ0v) is 27.0.